The molecule has 1 N–H and O–H groups in total. The molecule has 0 unspecified atom stereocenters. The number of carbonyl (C=O) groups excluding carboxylic acids is 1. The molecule has 1 aliphatic heterocycles. The van der Waals surface area contributed by atoms with Crippen molar-refractivity contribution in [3.8, 4) is 0 Å². The lowest BCUT2D eigenvalue weighted by Crippen LogP contribution is -2.50. The normalized spacial score (nSPS) is 17.2. The van der Waals surface area contributed by atoms with Crippen LogP contribution in [0.2, 0.25) is 0 Å². The minimum Gasteiger partial charge on any atom is -0.392 e. The van der Waals surface area contributed by atoms with Crippen molar-refractivity contribution < 1.29 is 14.3 Å². The molecular formula is C18H22FN3O2. The van der Waals surface area contributed by atoms with Crippen LogP contribution in [-0.2, 0) is 0 Å². The van der Waals surface area contributed by atoms with Crippen molar-refractivity contribution in [3.63, 3.8) is 0 Å². The van der Waals surface area contributed by atoms with Crippen molar-refractivity contribution in [1.82, 2.24) is 14.8 Å². The van der Waals surface area contributed by atoms with Gasteiger partial charge in [0.15, 0.2) is 0 Å². The van der Waals surface area contributed by atoms with Crippen molar-refractivity contribution >= 4 is 16.8 Å². The first-order chi connectivity index (χ1) is 11.4. The first-order valence-corrected chi connectivity index (χ1v) is 8.20. The van der Waals surface area contributed by atoms with Crippen LogP contribution < -0.4 is 0 Å². The lowest BCUT2D eigenvalue weighted by atomic mass is 10.1. The molecule has 2 aromatic rings. The molecule has 0 aliphatic carbocycles. The Labute approximate surface area is 140 Å². The van der Waals surface area contributed by atoms with Crippen LogP contribution in [0.1, 0.15) is 23.0 Å². The fourth-order valence-electron chi connectivity index (χ4n) is 3.13. The molecule has 0 spiro atoms. The second-order valence-corrected chi connectivity index (χ2v) is 6.40. The number of aryl methyl sites for hydroxylation is 1. The summed E-state index contributed by atoms with van der Waals surface area (Å²) in [6.45, 7) is 6.94. The molecular weight excluding hydrogens is 309 g/mol. The van der Waals surface area contributed by atoms with Crippen molar-refractivity contribution in [2.45, 2.75) is 20.0 Å². The number of hydrogen-bond donors (Lipinski definition) is 1. The standard InChI is InChI=1S/C18H22FN3O2/c1-12(23)11-21-5-7-22(8-6-21)18(24)16-9-14-3-4-15(19)10-17(14)20-13(16)2/h3-4,9-10,12,23H,5-8,11H2,1-2H3/t12-/m1/s1. The van der Waals surface area contributed by atoms with Gasteiger partial charge in [-0.3, -0.25) is 14.7 Å². The fourth-order valence-corrected chi connectivity index (χ4v) is 3.13. The van der Waals surface area contributed by atoms with Gasteiger partial charge in [-0.1, -0.05) is 0 Å². The Balaban J connectivity index is 1.77. The molecule has 0 radical (unpaired) electrons. The Morgan fingerprint density at radius 1 is 1.29 bits per heavy atom. The van der Waals surface area contributed by atoms with E-state index in [-0.39, 0.29) is 17.8 Å². The maximum Gasteiger partial charge on any atom is 0.255 e. The van der Waals surface area contributed by atoms with E-state index in [0.717, 1.165) is 18.5 Å². The second kappa shape index (κ2) is 6.83. The molecule has 1 amide bonds. The number of nitrogens with zero attached hydrogens (tertiary/aromatic N) is 3. The van der Waals surface area contributed by atoms with E-state index < -0.39 is 0 Å². The van der Waals surface area contributed by atoms with Crippen LogP contribution in [0.15, 0.2) is 24.3 Å². The predicted octanol–water partition coefficient (Wildman–Crippen LogP) is 1.82. The molecule has 1 aromatic heterocycles. The average molecular weight is 331 g/mol. The van der Waals surface area contributed by atoms with Crippen LogP contribution in [0.5, 0.6) is 0 Å². The number of pyridine rings is 1. The van der Waals surface area contributed by atoms with Gasteiger partial charge in [-0.25, -0.2) is 4.39 Å². The van der Waals surface area contributed by atoms with Crippen molar-refractivity contribution in [1.29, 1.82) is 0 Å². The smallest absolute Gasteiger partial charge is 0.255 e. The molecule has 1 saturated heterocycles. The molecule has 24 heavy (non-hydrogen) atoms. The number of aliphatic hydroxyl groups excluding tert-OH is 1. The molecule has 5 nitrogen and oxygen atoms in total. The lowest BCUT2D eigenvalue weighted by molar-refractivity contribution is 0.0553. The summed E-state index contributed by atoms with van der Waals surface area (Å²) < 4.78 is 13.3. The Kier molecular flexibility index (Phi) is 4.78. The maximum absolute atomic E-state index is 13.3. The van der Waals surface area contributed by atoms with Crippen LogP contribution in [0.3, 0.4) is 0 Å². The number of amides is 1. The maximum atomic E-state index is 13.3. The Hall–Kier alpha value is -2.05. The van der Waals surface area contributed by atoms with E-state index in [9.17, 15) is 14.3 Å². The highest BCUT2D eigenvalue weighted by Crippen LogP contribution is 2.19. The Bertz CT molecular complexity index is 755. The van der Waals surface area contributed by atoms with Gasteiger partial charge >= 0.3 is 0 Å². The van der Waals surface area contributed by atoms with Gasteiger partial charge in [0.05, 0.1) is 22.9 Å². The Morgan fingerprint density at radius 2 is 2.00 bits per heavy atom. The van der Waals surface area contributed by atoms with E-state index in [1.165, 1.54) is 12.1 Å². The van der Waals surface area contributed by atoms with Crippen molar-refractivity contribution in [2.24, 2.45) is 0 Å². The van der Waals surface area contributed by atoms with Gasteiger partial charge in [-0.2, -0.15) is 0 Å². The summed E-state index contributed by atoms with van der Waals surface area (Å²) >= 11 is 0. The van der Waals surface area contributed by atoms with E-state index in [2.05, 4.69) is 9.88 Å². The number of carbonyl (C=O) groups is 1. The highest BCUT2D eigenvalue weighted by molar-refractivity contribution is 5.98. The number of fused-ring (bicyclic) bond motifs is 1. The summed E-state index contributed by atoms with van der Waals surface area (Å²) in [7, 11) is 0. The zero-order valence-corrected chi connectivity index (χ0v) is 14.0. The SMILES string of the molecule is Cc1nc2cc(F)ccc2cc1C(=O)N1CCN(C[C@@H](C)O)CC1. The summed E-state index contributed by atoms with van der Waals surface area (Å²) in [5.74, 6) is -0.370. The van der Waals surface area contributed by atoms with Gasteiger partial charge in [-0.15, -0.1) is 0 Å². The third-order valence-electron chi connectivity index (χ3n) is 4.38. The largest absolute Gasteiger partial charge is 0.392 e. The fraction of sp³-hybridized carbons (Fsp3) is 0.444. The summed E-state index contributed by atoms with van der Waals surface area (Å²) in [6, 6.07) is 6.20. The number of halogens is 1. The monoisotopic (exact) mass is 331 g/mol. The van der Waals surface area contributed by atoms with E-state index in [0.29, 0.717) is 36.4 Å². The predicted molar refractivity (Wildman–Crippen MR) is 90.5 cm³/mol. The summed E-state index contributed by atoms with van der Waals surface area (Å²) in [4.78, 5) is 21.2. The lowest BCUT2D eigenvalue weighted by Gasteiger charge is -2.35. The number of rotatable bonds is 3. The summed E-state index contributed by atoms with van der Waals surface area (Å²) in [5, 5.41) is 10.2. The number of benzene rings is 1. The van der Waals surface area contributed by atoms with Crippen LogP contribution in [0.25, 0.3) is 10.9 Å². The molecule has 1 fully saturated rings. The minimum absolute atomic E-state index is 0.0390. The molecule has 6 heteroatoms. The highest BCUT2D eigenvalue weighted by Gasteiger charge is 2.24. The van der Waals surface area contributed by atoms with Crippen LogP contribution in [-0.4, -0.2) is 64.6 Å². The molecule has 1 aliphatic rings. The van der Waals surface area contributed by atoms with Gasteiger partial charge in [0.1, 0.15) is 5.82 Å². The highest BCUT2D eigenvalue weighted by atomic mass is 19.1. The van der Waals surface area contributed by atoms with E-state index in [4.69, 9.17) is 0 Å². The third-order valence-corrected chi connectivity index (χ3v) is 4.38. The number of aliphatic hydroxyl groups is 1. The molecule has 1 atom stereocenters. The molecule has 128 valence electrons. The van der Waals surface area contributed by atoms with E-state index in [1.807, 2.05) is 4.90 Å². The van der Waals surface area contributed by atoms with Crippen LogP contribution in [0.4, 0.5) is 4.39 Å². The van der Waals surface area contributed by atoms with Crippen LogP contribution >= 0.6 is 0 Å². The van der Waals surface area contributed by atoms with Crippen molar-refractivity contribution in [3.05, 3.63) is 41.3 Å². The van der Waals surface area contributed by atoms with Crippen molar-refractivity contribution in [2.75, 3.05) is 32.7 Å². The van der Waals surface area contributed by atoms with Gasteiger partial charge in [-0.05, 0) is 32.0 Å². The van der Waals surface area contributed by atoms with E-state index in [1.54, 1.807) is 26.0 Å². The minimum atomic E-state index is -0.362. The molecule has 0 bridgehead atoms. The third kappa shape index (κ3) is 3.55. The second-order valence-electron chi connectivity index (χ2n) is 6.40. The number of piperazine rings is 1. The summed E-state index contributed by atoms with van der Waals surface area (Å²) in [6.07, 6.45) is -0.362. The quantitative estimate of drug-likeness (QED) is 0.932. The average Bonchev–Trinajstić information content (AvgIpc) is 2.53. The molecule has 1 aromatic carbocycles. The zero-order chi connectivity index (χ0) is 17.3. The first-order valence-electron chi connectivity index (χ1n) is 8.20. The van der Waals surface area contributed by atoms with E-state index >= 15 is 0 Å². The number of aromatic nitrogens is 1. The van der Waals surface area contributed by atoms with Gasteiger partial charge in [0, 0.05) is 44.2 Å². The molecule has 3 rings (SSSR count). The number of hydrogen-bond acceptors (Lipinski definition) is 4. The van der Waals surface area contributed by atoms with Gasteiger partial charge in [0.2, 0.25) is 0 Å². The number of β-amino-alcohol motifs (C(OH)–C–C–N with tert-alkyl or cyclic N) is 1. The van der Waals surface area contributed by atoms with Gasteiger partial charge in [0.25, 0.3) is 5.91 Å². The molecule has 2 heterocycles. The van der Waals surface area contributed by atoms with Crippen LogP contribution in [0, 0.1) is 12.7 Å². The molecule has 0 saturated carbocycles. The summed E-state index contributed by atoms with van der Waals surface area (Å²) in [5.41, 5.74) is 1.74. The topological polar surface area (TPSA) is 56.7 Å². The zero-order valence-electron chi connectivity index (χ0n) is 14.0. The van der Waals surface area contributed by atoms with Gasteiger partial charge < -0.3 is 10.0 Å². The Morgan fingerprint density at radius 3 is 2.67 bits per heavy atom. The first kappa shape index (κ1) is 16.8.